The van der Waals surface area contributed by atoms with E-state index in [1.807, 2.05) is 16.8 Å². The van der Waals surface area contributed by atoms with E-state index in [0.29, 0.717) is 11.5 Å². The zero-order valence-electron chi connectivity index (χ0n) is 7.92. The van der Waals surface area contributed by atoms with Gasteiger partial charge in [0.15, 0.2) is 0 Å². The highest BCUT2D eigenvalue weighted by Gasteiger charge is 2.13. The highest BCUT2D eigenvalue weighted by Crippen LogP contribution is 2.23. The largest absolute Gasteiger partial charge is 0.462 e. The molecule has 3 N–H and O–H groups in total. The van der Waals surface area contributed by atoms with Crippen LogP contribution in [0.5, 0.6) is 0 Å². The van der Waals surface area contributed by atoms with Gasteiger partial charge >= 0.3 is 0 Å². The Morgan fingerprint density at radius 1 is 1.40 bits per heavy atom. The van der Waals surface area contributed by atoms with Gasteiger partial charge in [-0.2, -0.15) is 11.3 Å². The summed E-state index contributed by atoms with van der Waals surface area (Å²) in [5.74, 6) is 1.23. The molecule has 0 aliphatic heterocycles. The summed E-state index contributed by atoms with van der Waals surface area (Å²) in [6, 6.07) is 5.27. The Morgan fingerprint density at radius 2 is 2.20 bits per heavy atom. The summed E-state index contributed by atoms with van der Waals surface area (Å²) in [4.78, 5) is 0. The molecule has 0 aliphatic rings. The zero-order chi connectivity index (χ0) is 9.97. The molecule has 82 valence electrons. The molecule has 0 aliphatic carbocycles. The number of nitrogens with two attached hydrogens (primary N) is 1. The van der Waals surface area contributed by atoms with Crippen molar-refractivity contribution in [2.75, 3.05) is 0 Å². The minimum Gasteiger partial charge on any atom is -0.462 e. The van der Waals surface area contributed by atoms with Crippen molar-refractivity contribution >= 4 is 23.7 Å². The van der Waals surface area contributed by atoms with Gasteiger partial charge in [-0.1, -0.05) is 0 Å². The second kappa shape index (κ2) is 5.32. The SMILES string of the molecule is Cl.N[C@H](c1ccsc1)c1ccc(CO)o1. The van der Waals surface area contributed by atoms with E-state index in [1.54, 1.807) is 23.5 Å². The fourth-order valence-corrected chi connectivity index (χ4v) is 1.96. The minimum atomic E-state index is -0.235. The van der Waals surface area contributed by atoms with E-state index in [2.05, 4.69) is 0 Å². The van der Waals surface area contributed by atoms with Crippen LogP contribution in [0.3, 0.4) is 0 Å². The number of thiophene rings is 1. The van der Waals surface area contributed by atoms with Crippen LogP contribution in [0.15, 0.2) is 33.4 Å². The molecule has 0 amide bonds. The smallest absolute Gasteiger partial charge is 0.129 e. The topological polar surface area (TPSA) is 59.4 Å². The zero-order valence-corrected chi connectivity index (χ0v) is 9.55. The van der Waals surface area contributed by atoms with E-state index in [9.17, 15) is 0 Å². The van der Waals surface area contributed by atoms with Crippen LogP contribution >= 0.6 is 23.7 Å². The molecule has 0 saturated heterocycles. The standard InChI is InChI=1S/C10H11NO2S.ClH/c11-10(7-3-4-14-6-7)9-2-1-8(5-12)13-9;/h1-4,6,10,12H,5,11H2;1H/t10-;/m1./s1. The lowest BCUT2D eigenvalue weighted by molar-refractivity contribution is 0.242. The molecule has 0 fully saturated rings. The van der Waals surface area contributed by atoms with Crippen molar-refractivity contribution in [3.05, 3.63) is 46.0 Å². The van der Waals surface area contributed by atoms with Crippen LogP contribution in [-0.2, 0) is 6.61 Å². The third-order valence-corrected chi connectivity index (χ3v) is 2.75. The van der Waals surface area contributed by atoms with Gasteiger partial charge in [0.05, 0.1) is 6.04 Å². The molecule has 0 bridgehead atoms. The second-order valence-electron chi connectivity index (χ2n) is 3.00. The third kappa shape index (κ3) is 2.60. The average molecular weight is 246 g/mol. The fraction of sp³-hybridized carbons (Fsp3) is 0.200. The Morgan fingerprint density at radius 3 is 2.73 bits per heavy atom. The molecule has 15 heavy (non-hydrogen) atoms. The van der Waals surface area contributed by atoms with E-state index in [0.717, 1.165) is 5.56 Å². The summed E-state index contributed by atoms with van der Waals surface area (Å²) in [5.41, 5.74) is 7.00. The van der Waals surface area contributed by atoms with Crippen LogP contribution in [0.1, 0.15) is 23.1 Å². The molecular formula is C10H12ClNO2S. The minimum absolute atomic E-state index is 0. The van der Waals surface area contributed by atoms with Crippen LogP contribution in [0.25, 0.3) is 0 Å². The summed E-state index contributed by atoms with van der Waals surface area (Å²) in [6.07, 6.45) is 0. The number of rotatable bonds is 3. The Kier molecular flexibility index (Phi) is 4.35. The summed E-state index contributed by atoms with van der Waals surface area (Å²) in [5, 5.41) is 12.8. The van der Waals surface area contributed by atoms with E-state index in [-0.39, 0.29) is 25.1 Å². The molecule has 0 spiro atoms. The number of furan rings is 1. The van der Waals surface area contributed by atoms with Crippen molar-refractivity contribution in [1.29, 1.82) is 0 Å². The van der Waals surface area contributed by atoms with Crippen LogP contribution < -0.4 is 5.73 Å². The molecular weight excluding hydrogens is 234 g/mol. The lowest BCUT2D eigenvalue weighted by atomic mass is 10.1. The molecule has 5 heteroatoms. The highest BCUT2D eigenvalue weighted by atomic mass is 35.5. The monoisotopic (exact) mass is 245 g/mol. The van der Waals surface area contributed by atoms with Crippen LogP contribution in [-0.4, -0.2) is 5.11 Å². The molecule has 2 rings (SSSR count). The van der Waals surface area contributed by atoms with Crippen molar-refractivity contribution in [2.45, 2.75) is 12.6 Å². The van der Waals surface area contributed by atoms with Crippen LogP contribution in [0.2, 0.25) is 0 Å². The van der Waals surface area contributed by atoms with Gasteiger partial charge in [-0.15, -0.1) is 12.4 Å². The van der Waals surface area contributed by atoms with Gasteiger partial charge in [0.1, 0.15) is 18.1 Å². The Balaban J connectivity index is 0.00000112. The number of halogens is 1. The van der Waals surface area contributed by atoms with Crippen molar-refractivity contribution in [2.24, 2.45) is 5.73 Å². The van der Waals surface area contributed by atoms with E-state index < -0.39 is 0 Å². The van der Waals surface area contributed by atoms with Gasteiger partial charge in [0.2, 0.25) is 0 Å². The number of aliphatic hydroxyl groups is 1. The first-order chi connectivity index (χ1) is 6.81. The molecule has 0 radical (unpaired) electrons. The van der Waals surface area contributed by atoms with E-state index in [1.165, 1.54) is 0 Å². The maximum Gasteiger partial charge on any atom is 0.129 e. The molecule has 0 saturated carbocycles. The predicted octanol–water partition coefficient (Wildman–Crippen LogP) is 2.30. The maximum absolute atomic E-state index is 8.83. The first-order valence-electron chi connectivity index (χ1n) is 4.28. The Hall–Kier alpha value is -0.810. The lowest BCUT2D eigenvalue weighted by Gasteiger charge is -2.05. The van der Waals surface area contributed by atoms with Crippen molar-refractivity contribution in [3.63, 3.8) is 0 Å². The maximum atomic E-state index is 8.83. The van der Waals surface area contributed by atoms with Crippen molar-refractivity contribution in [3.8, 4) is 0 Å². The molecule has 2 heterocycles. The van der Waals surface area contributed by atoms with E-state index in [4.69, 9.17) is 15.3 Å². The number of aliphatic hydroxyl groups excluding tert-OH is 1. The van der Waals surface area contributed by atoms with Gasteiger partial charge in [0.25, 0.3) is 0 Å². The van der Waals surface area contributed by atoms with Gasteiger partial charge in [-0.3, -0.25) is 0 Å². The first-order valence-corrected chi connectivity index (χ1v) is 5.22. The molecule has 0 aromatic carbocycles. The Bertz CT molecular complexity index is 399. The molecule has 3 nitrogen and oxygen atoms in total. The van der Waals surface area contributed by atoms with Crippen LogP contribution in [0, 0.1) is 0 Å². The molecule has 2 aromatic heterocycles. The molecule has 1 atom stereocenters. The number of hydrogen-bond donors (Lipinski definition) is 2. The van der Waals surface area contributed by atoms with Gasteiger partial charge in [-0.25, -0.2) is 0 Å². The van der Waals surface area contributed by atoms with Gasteiger partial charge in [-0.05, 0) is 34.5 Å². The summed E-state index contributed by atoms with van der Waals surface area (Å²) < 4.78 is 5.35. The van der Waals surface area contributed by atoms with Crippen molar-refractivity contribution < 1.29 is 9.52 Å². The lowest BCUT2D eigenvalue weighted by Crippen LogP contribution is -2.09. The number of hydrogen-bond acceptors (Lipinski definition) is 4. The predicted molar refractivity (Wildman–Crippen MR) is 62.2 cm³/mol. The quantitative estimate of drug-likeness (QED) is 0.873. The second-order valence-corrected chi connectivity index (χ2v) is 3.78. The van der Waals surface area contributed by atoms with Gasteiger partial charge < -0.3 is 15.3 Å². The van der Waals surface area contributed by atoms with Crippen molar-refractivity contribution in [1.82, 2.24) is 0 Å². The summed E-state index contributed by atoms with van der Waals surface area (Å²) >= 11 is 1.60. The Labute approximate surface area is 97.9 Å². The van der Waals surface area contributed by atoms with Crippen LogP contribution in [0.4, 0.5) is 0 Å². The highest BCUT2D eigenvalue weighted by molar-refractivity contribution is 7.07. The molecule has 2 aromatic rings. The normalized spacial score (nSPS) is 12.1. The molecule has 0 unspecified atom stereocenters. The summed E-state index contributed by atoms with van der Waals surface area (Å²) in [6.45, 7) is -0.0869. The first kappa shape index (κ1) is 12.3. The average Bonchev–Trinajstić information content (AvgIpc) is 2.88. The van der Waals surface area contributed by atoms with E-state index >= 15 is 0 Å². The summed E-state index contributed by atoms with van der Waals surface area (Å²) in [7, 11) is 0. The third-order valence-electron chi connectivity index (χ3n) is 2.05. The van der Waals surface area contributed by atoms with Gasteiger partial charge in [0, 0.05) is 0 Å². The fourth-order valence-electron chi connectivity index (χ4n) is 1.26.